The van der Waals surface area contributed by atoms with Crippen LogP contribution >= 0.6 is 39.1 Å². The second kappa shape index (κ2) is 11.4. The second-order valence-electron chi connectivity index (χ2n) is 8.32. The summed E-state index contributed by atoms with van der Waals surface area (Å²) in [5.41, 5.74) is 4.96. The summed E-state index contributed by atoms with van der Waals surface area (Å²) in [4.78, 5) is 28.9. The van der Waals surface area contributed by atoms with Gasteiger partial charge in [-0.2, -0.15) is 5.10 Å². The first kappa shape index (κ1) is 26.6. The SMILES string of the molecule is O=C(Oc1ccc(Br)cc1C=NNC(=O)c1[nH]c2ccc(F)cc2c1-c1ccccc1Cl)c1ccc(Cl)cc1. The Labute approximate surface area is 240 Å². The van der Waals surface area contributed by atoms with Crippen molar-refractivity contribution >= 4 is 68.1 Å². The molecule has 10 heteroatoms. The van der Waals surface area contributed by atoms with Crippen LogP contribution in [0.1, 0.15) is 26.4 Å². The van der Waals surface area contributed by atoms with Gasteiger partial charge in [-0.3, -0.25) is 4.79 Å². The number of halogens is 4. The van der Waals surface area contributed by atoms with Crippen molar-refractivity contribution in [1.29, 1.82) is 0 Å². The molecule has 0 unspecified atom stereocenters. The predicted molar refractivity (Wildman–Crippen MR) is 154 cm³/mol. The molecular formula is C29H17BrCl2FN3O3. The number of aromatic amines is 1. The van der Waals surface area contributed by atoms with Crippen LogP contribution in [0.2, 0.25) is 10.0 Å². The van der Waals surface area contributed by atoms with Gasteiger partial charge in [0, 0.05) is 42.1 Å². The van der Waals surface area contributed by atoms with Crippen LogP contribution in [0, 0.1) is 5.82 Å². The van der Waals surface area contributed by atoms with Gasteiger partial charge >= 0.3 is 5.97 Å². The third-order valence-corrected chi connectivity index (χ3v) is 6.83. The second-order valence-corrected chi connectivity index (χ2v) is 10.1. The van der Waals surface area contributed by atoms with E-state index in [-0.39, 0.29) is 11.4 Å². The standard InChI is InChI=1S/C29H17BrCl2FN3O3/c30-18-7-12-25(39-29(38)16-5-8-19(31)9-6-16)17(13-18)15-34-36-28(37)27-26(21-3-1-2-4-23(21)32)22-14-20(33)10-11-24(22)35-27/h1-15,35H,(H,36,37). The molecule has 0 aliphatic rings. The molecule has 0 aliphatic carbocycles. The van der Waals surface area contributed by atoms with Gasteiger partial charge in [0.2, 0.25) is 0 Å². The summed E-state index contributed by atoms with van der Waals surface area (Å²) in [7, 11) is 0. The maximum Gasteiger partial charge on any atom is 0.343 e. The van der Waals surface area contributed by atoms with Crippen molar-refractivity contribution in [3.63, 3.8) is 0 Å². The fraction of sp³-hybridized carbons (Fsp3) is 0. The number of carbonyl (C=O) groups excluding carboxylic acids is 2. The van der Waals surface area contributed by atoms with Gasteiger partial charge < -0.3 is 9.72 Å². The van der Waals surface area contributed by atoms with Crippen molar-refractivity contribution in [3.8, 4) is 16.9 Å². The number of amides is 1. The molecule has 1 heterocycles. The van der Waals surface area contributed by atoms with E-state index in [1.807, 2.05) is 0 Å². The summed E-state index contributed by atoms with van der Waals surface area (Å²) >= 11 is 15.7. The van der Waals surface area contributed by atoms with Gasteiger partial charge in [-0.05, 0) is 66.7 Å². The van der Waals surface area contributed by atoms with Gasteiger partial charge in [0.05, 0.1) is 11.8 Å². The molecule has 194 valence electrons. The summed E-state index contributed by atoms with van der Waals surface area (Å²) in [6.45, 7) is 0. The molecule has 6 nitrogen and oxygen atoms in total. The van der Waals surface area contributed by atoms with Crippen LogP contribution in [0.3, 0.4) is 0 Å². The van der Waals surface area contributed by atoms with Gasteiger partial charge in [-0.15, -0.1) is 0 Å². The van der Waals surface area contributed by atoms with E-state index in [0.29, 0.717) is 47.7 Å². The zero-order valence-corrected chi connectivity index (χ0v) is 22.9. The highest BCUT2D eigenvalue weighted by Gasteiger charge is 2.21. The molecule has 5 rings (SSSR count). The number of nitrogens with one attached hydrogen (secondary N) is 2. The Morgan fingerprint density at radius 1 is 0.974 bits per heavy atom. The normalized spacial score (nSPS) is 11.2. The molecule has 0 atom stereocenters. The third kappa shape index (κ3) is 5.88. The van der Waals surface area contributed by atoms with Crippen LogP contribution in [0.25, 0.3) is 22.0 Å². The van der Waals surface area contributed by atoms with Crippen molar-refractivity contribution in [2.24, 2.45) is 5.10 Å². The van der Waals surface area contributed by atoms with Crippen LogP contribution in [-0.4, -0.2) is 23.1 Å². The number of nitrogens with zero attached hydrogens (tertiary/aromatic N) is 1. The zero-order valence-electron chi connectivity index (χ0n) is 19.8. The lowest BCUT2D eigenvalue weighted by Gasteiger charge is -2.09. The first-order valence-corrected chi connectivity index (χ1v) is 13.0. The van der Waals surface area contributed by atoms with E-state index in [0.717, 1.165) is 0 Å². The lowest BCUT2D eigenvalue weighted by atomic mass is 10.0. The molecule has 0 fully saturated rings. The minimum atomic E-state index is -0.581. The number of hydrazone groups is 1. The lowest BCUT2D eigenvalue weighted by Crippen LogP contribution is -2.19. The summed E-state index contributed by atoms with van der Waals surface area (Å²) < 4.78 is 20.4. The number of hydrogen-bond donors (Lipinski definition) is 2. The van der Waals surface area contributed by atoms with E-state index < -0.39 is 17.7 Å². The highest BCUT2D eigenvalue weighted by atomic mass is 79.9. The first-order chi connectivity index (χ1) is 18.8. The number of ether oxygens (including phenoxy) is 1. The van der Waals surface area contributed by atoms with Gasteiger partial charge in [0.25, 0.3) is 5.91 Å². The summed E-state index contributed by atoms with van der Waals surface area (Å²) in [6, 6.07) is 22.5. The van der Waals surface area contributed by atoms with Gasteiger partial charge in [0.1, 0.15) is 17.3 Å². The van der Waals surface area contributed by atoms with Crippen LogP contribution < -0.4 is 10.2 Å². The Hall–Kier alpha value is -3.98. The van der Waals surface area contributed by atoms with E-state index in [2.05, 4.69) is 31.4 Å². The number of aromatic nitrogens is 1. The van der Waals surface area contributed by atoms with Crippen molar-refractivity contribution in [2.45, 2.75) is 0 Å². The van der Waals surface area contributed by atoms with Crippen molar-refractivity contribution in [3.05, 3.63) is 122 Å². The fourth-order valence-electron chi connectivity index (χ4n) is 3.95. The van der Waals surface area contributed by atoms with Gasteiger partial charge in [-0.1, -0.05) is 57.3 Å². The van der Waals surface area contributed by atoms with Crippen LogP contribution in [0.5, 0.6) is 5.75 Å². The maximum absolute atomic E-state index is 14.1. The summed E-state index contributed by atoms with van der Waals surface area (Å²) in [5, 5.41) is 5.48. The highest BCUT2D eigenvalue weighted by molar-refractivity contribution is 9.10. The Morgan fingerprint density at radius 2 is 1.74 bits per heavy atom. The van der Waals surface area contributed by atoms with E-state index in [1.54, 1.807) is 72.8 Å². The number of H-pyrrole nitrogens is 1. The molecule has 0 bridgehead atoms. The topological polar surface area (TPSA) is 83.5 Å². The average Bonchev–Trinajstić information content (AvgIpc) is 3.29. The monoisotopic (exact) mass is 623 g/mol. The average molecular weight is 625 g/mol. The molecule has 0 aliphatic heterocycles. The molecule has 2 N–H and O–H groups in total. The molecule has 1 aromatic heterocycles. The molecule has 5 aromatic rings. The minimum Gasteiger partial charge on any atom is -0.422 e. The van der Waals surface area contributed by atoms with E-state index in [9.17, 15) is 14.0 Å². The minimum absolute atomic E-state index is 0.157. The lowest BCUT2D eigenvalue weighted by molar-refractivity contribution is 0.0734. The number of hydrogen-bond acceptors (Lipinski definition) is 4. The smallest absolute Gasteiger partial charge is 0.343 e. The van der Waals surface area contributed by atoms with E-state index >= 15 is 0 Å². The molecule has 0 saturated heterocycles. The molecule has 1 amide bonds. The van der Waals surface area contributed by atoms with Crippen LogP contribution in [0.15, 0.2) is 94.5 Å². The molecule has 39 heavy (non-hydrogen) atoms. The van der Waals surface area contributed by atoms with Gasteiger partial charge in [0.15, 0.2) is 0 Å². The van der Waals surface area contributed by atoms with E-state index in [1.165, 1.54) is 18.3 Å². The van der Waals surface area contributed by atoms with Crippen molar-refractivity contribution in [1.82, 2.24) is 10.4 Å². The molecule has 0 saturated carbocycles. The third-order valence-electron chi connectivity index (χ3n) is 5.76. The highest BCUT2D eigenvalue weighted by Crippen LogP contribution is 2.37. The number of esters is 1. The summed E-state index contributed by atoms with van der Waals surface area (Å²) in [6.07, 6.45) is 1.35. The molecule has 0 radical (unpaired) electrons. The Kier molecular flexibility index (Phi) is 7.79. The first-order valence-electron chi connectivity index (χ1n) is 11.5. The van der Waals surface area contributed by atoms with Crippen LogP contribution in [-0.2, 0) is 0 Å². The zero-order chi connectivity index (χ0) is 27.5. The van der Waals surface area contributed by atoms with Crippen molar-refractivity contribution < 1.29 is 18.7 Å². The predicted octanol–water partition coefficient (Wildman–Crippen LogP) is 8.03. The number of carbonyl (C=O) groups is 2. The Bertz CT molecular complexity index is 1750. The quantitative estimate of drug-likeness (QED) is 0.0868. The Balaban J connectivity index is 1.43. The van der Waals surface area contributed by atoms with Gasteiger partial charge in [-0.25, -0.2) is 14.6 Å². The fourth-order valence-corrected chi connectivity index (χ4v) is 4.69. The number of benzene rings is 4. The molecule has 4 aromatic carbocycles. The summed E-state index contributed by atoms with van der Waals surface area (Å²) in [5.74, 6) is -1.38. The van der Waals surface area contributed by atoms with Crippen molar-refractivity contribution in [2.75, 3.05) is 0 Å². The molecule has 0 spiro atoms. The van der Waals surface area contributed by atoms with Crippen LogP contribution in [0.4, 0.5) is 4.39 Å². The molecular weight excluding hydrogens is 608 g/mol. The number of rotatable bonds is 6. The Morgan fingerprint density at radius 3 is 2.51 bits per heavy atom. The largest absolute Gasteiger partial charge is 0.422 e. The number of fused-ring (bicyclic) bond motifs is 1. The van der Waals surface area contributed by atoms with E-state index in [4.69, 9.17) is 27.9 Å². The maximum atomic E-state index is 14.1.